The van der Waals surface area contributed by atoms with Crippen molar-refractivity contribution >= 4 is 5.91 Å². The Balaban J connectivity index is 2.44. The van der Waals surface area contributed by atoms with Gasteiger partial charge in [0.1, 0.15) is 5.82 Å². The minimum atomic E-state index is -3.06. The Labute approximate surface area is 70.3 Å². The summed E-state index contributed by atoms with van der Waals surface area (Å²) in [6.07, 6.45) is -3.06. The average molecular weight is 192 g/mol. The molecule has 6 nitrogen and oxygen atoms in total. The van der Waals surface area contributed by atoms with Crippen LogP contribution in [0.5, 0.6) is 0 Å². The molecule has 8 heteroatoms. The Kier molecular flexibility index (Phi) is 2.72. The first-order valence-corrected chi connectivity index (χ1v) is 3.29. The zero-order chi connectivity index (χ0) is 9.84. The van der Waals surface area contributed by atoms with Gasteiger partial charge in [0.15, 0.2) is 0 Å². The first kappa shape index (κ1) is 9.36. The number of nitrogens with zero attached hydrogens (tertiary/aromatic N) is 1. The molecule has 0 radical (unpaired) electrons. The lowest BCUT2D eigenvalue weighted by atomic mass is 10.5. The average Bonchev–Trinajstić information content (AvgIpc) is 2.47. The fraction of sp³-hybridized carbons (Fsp3) is 0.400. The molecule has 1 aromatic heterocycles. The lowest BCUT2D eigenvalue weighted by molar-refractivity contribution is -0.131. The van der Waals surface area contributed by atoms with Crippen LogP contribution in [-0.2, 0) is 11.3 Å². The largest absolute Gasteiger partial charge is 0.344 e. The summed E-state index contributed by atoms with van der Waals surface area (Å²) in [6.45, 7) is -0.234. The zero-order valence-corrected chi connectivity index (χ0v) is 6.30. The molecule has 1 aromatic rings. The number of halogens is 2. The lowest BCUT2D eigenvalue weighted by Crippen LogP contribution is -2.29. The van der Waals surface area contributed by atoms with Gasteiger partial charge in [0.05, 0.1) is 6.54 Å². The van der Waals surface area contributed by atoms with E-state index in [0.29, 0.717) is 0 Å². The lowest BCUT2D eigenvalue weighted by Gasteiger charge is -1.99. The molecule has 0 aliphatic carbocycles. The molecule has 0 saturated carbocycles. The van der Waals surface area contributed by atoms with Crippen molar-refractivity contribution in [3.05, 3.63) is 16.3 Å². The van der Waals surface area contributed by atoms with Gasteiger partial charge in [0.2, 0.25) is 0 Å². The maximum absolute atomic E-state index is 11.6. The minimum absolute atomic E-state index is 0.0963. The second-order valence-corrected chi connectivity index (χ2v) is 2.14. The Morgan fingerprint density at radius 1 is 1.62 bits per heavy atom. The highest BCUT2D eigenvalue weighted by Crippen LogP contribution is 1.91. The highest BCUT2D eigenvalue weighted by molar-refractivity contribution is 5.78. The summed E-state index contributed by atoms with van der Waals surface area (Å²) in [5, 5.41) is 7.29. The van der Waals surface area contributed by atoms with Crippen molar-refractivity contribution in [3.8, 4) is 0 Å². The first-order chi connectivity index (χ1) is 6.09. The third kappa shape index (κ3) is 2.65. The van der Waals surface area contributed by atoms with Crippen LogP contribution in [0.1, 0.15) is 5.82 Å². The van der Waals surface area contributed by atoms with Crippen LogP contribution in [0.2, 0.25) is 0 Å². The molecular weight excluding hydrogens is 186 g/mol. The molecule has 0 aliphatic heterocycles. The van der Waals surface area contributed by atoms with Crippen molar-refractivity contribution in [2.45, 2.75) is 13.0 Å². The molecule has 72 valence electrons. The summed E-state index contributed by atoms with van der Waals surface area (Å²) in [5.41, 5.74) is -0.554. The molecule has 0 saturated heterocycles. The number of nitrogens with one attached hydrogen (secondary N) is 3. The maximum atomic E-state index is 11.6. The van der Waals surface area contributed by atoms with Gasteiger partial charge in [-0.05, 0) is 0 Å². The summed E-state index contributed by atoms with van der Waals surface area (Å²) < 4.78 is 23.2. The van der Waals surface area contributed by atoms with E-state index in [-0.39, 0.29) is 12.4 Å². The maximum Gasteiger partial charge on any atom is 0.340 e. The van der Waals surface area contributed by atoms with E-state index in [2.05, 4.69) is 10.1 Å². The Morgan fingerprint density at radius 2 is 2.31 bits per heavy atom. The Morgan fingerprint density at radius 3 is 2.77 bits per heavy atom. The van der Waals surface area contributed by atoms with Gasteiger partial charge in [-0.15, -0.1) is 0 Å². The number of H-pyrrole nitrogens is 2. The molecule has 0 atom stereocenters. The van der Waals surface area contributed by atoms with Crippen LogP contribution in [0, 0.1) is 0 Å². The SMILES string of the molecule is O=C(NCc1n[nH]c(=O)[nH]1)C(F)F. The van der Waals surface area contributed by atoms with Gasteiger partial charge in [0, 0.05) is 0 Å². The number of aromatic amines is 2. The van der Waals surface area contributed by atoms with Crippen LogP contribution < -0.4 is 11.0 Å². The summed E-state index contributed by atoms with van der Waals surface area (Å²) >= 11 is 0. The molecule has 1 amide bonds. The Hall–Kier alpha value is -1.73. The van der Waals surface area contributed by atoms with Crippen molar-refractivity contribution in [2.75, 3.05) is 0 Å². The second-order valence-electron chi connectivity index (χ2n) is 2.14. The van der Waals surface area contributed by atoms with Crippen LogP contribution >= 0.6 is 0 Å². The van der Waals surface area contributed by atoms with E-state index in [1.54, 1.807) is 0 Å². The van der Waals surface area contributed by atoms with Gasteiger partial charge in [0.25, 0.3) is 5.91 Å². The number of carbonyl (C=O) groups excluding carboxylic acids is 1. The number of hydrogen-bond acceptors (Lipinski definition) is 3. The van der Waals surface area contributed by atoms with Crippen molar-refractivity contribution in [1.82, 2.24) is 20.5 Å². The number of rotatable bonds is 3. The smallest absolute Gasteiger partial charge is 0.340 e. The first-order valence-electron chi connectivity index (χ1n) is 3.29. The second kappa shape index (κ2) is 3.78. The van der Waals surface area contributed by atoms with Gasteiger partial charge in [-0.25, -0.2) is 9.89 Å². The van der Waals surface area contributed by atoms with Crippen molar-refractivity contribution in [2.24, 2.45) is 0 Å². The van der Waals surface area contributed by atoms with Crippen molar-refractivity contribution < 1.29 is 13.6 Å². The number of aromatic nitrogens is 3. The number of hydrogen-bond donors (Lipinski definition) is 3. The molecule has 0 aliphatic rings. The van der Waals surface area contributed by atoms with Crippen LogP contribution in [0.15, 0.2) is 4.79 Å². The van der Waals surface area contributed by atoms with Gasteiger partial charge < -0.3 is 5.32 Å². The van der Waals surface area contributed by atoms with Gasteiger partial charge in [-0.2, -0.15) is 13.9 Å². The molecule has 1 rings (SSSR count). The predicted octanol–water partition coefficient (Wildman–Crippen LogP) is -1.02. The quantitative estimate of drug-likeness (QED) is 0.572. The predicted molar refractivity (Wildman–Crippen MR) is 37.1 cm³/mol. The molecule has 0 bridgehead atoms. The van der Waals surface area contributed by atoms with Crippen molar-refractivity contribution in [3.63, 3.8) is 0 Å². The molecule has 0 aromatic carbocycles. The molecule has 0 unspecified atom stereocenters. The van der Waals surface area contributed by atoms with Crippen LogP contribution in [0.4, 0.5) is 8.78 Å². The van der Waals surface area contributed by atoms with E-state index in [1.807, 2.05) is 10.4 Å². The minimum Gasteiger partial charge on any atom is -0.344 e. The molecule has 0 fully saturated rings. The van der Waals surface area contributed by atoms with E-state index >= 15 is 0 Å². The number of amides is 1. The van der Waals surface area contributed by atoms with Gasteiger partial charge >= 0.3 is 12.1 Å². The molecule has 0 spiro atoms. The number of carbonyl (C=O) groups is 1. The van der Waals surface area contributed by atoms with E-state index in [4.69, 9.17) is 0 Å². The topological polar surface area (TPSA) is 90.6 Å². The van der Waals surface area contributed by atoms with Gasteiger partial charge in [-0.3, -0.25) is 9.78 Å². The summed E-state index contributed by atoms with van der Waals surface area (Å²) in [6, 6.07) is 0. The zero-order valence-electron chi connectivity index (χ0n) is 6.30. The summed E-state index contributed by atoms with van der Waals surface area (Å²) in [7, 11) is 0. The highest BCUT2D eigenvalue weighted by Gasteiger charge is 2.14. The third-order valence-electron chi connectivity index (χ3n) is 1.18. The monoisotopic (exact) mass is 192 g/mol. The molecule has 13 heavy (non-hydrogen) atoms. The molecular formula is C5H6F2N4O2. The van der Waals surface area contributed by atoms with Crippen LogP contribution in [0.3, 0.4) is 0 Å². The standard InChI is InChI=1S/C5H6F2N4O2/c6-3(7)4(12)8-1-2-9-5(13)11-10-2/h3H,1H2,(H,8,12)(H2,9,10,11,13). The molecule has 1 heterocycles. The van der Waals surface area contributed by atoms with Crippen molar-refractivity contribution in [1.29, 1.82) is 0 Å². The van der Waals surface area contributed by atoms with Crippen LogP contribution in [-0.4, -0.2) is 27.5 Å². The van der Waals surface area contributed by atoms with E-state index in [0.717, 1.165) is 0 Å². The third-order valence-corrected chi connectivity index (χ3v) is 1.18. The fourth-order valence-electron chi connectivity index (χ4n) is 0.637. The van der Waals surface area contributed by atoms with Crippen LogP contribution in [0.25, 0.3) is 0 Å². The normalized spacial score (nSPS) is 10.4. The Bertz CT molecular complexity index is 344. The number of alkyl halides is 2. The highest BCUT2D eigenvalue weighted by atomic mass is 19.3. The molecule has 3 N–H and O–H groups in total. The van der Waals surface area contributed by atoms with Gasteiger partial charge in [-0.1, -0.05) is 0 Å². The van der Waals surface area contributed by atoms with E-state index < -0.39 is 18.0 Å². The summed E-state index contributed by atoms with van der Waals surface area (Å²) in [5.74, 6) is -1.30. The van der Waals surface area contributed by atoms with E-state index in [9.17, 15) is 18.4 Å². The fourth-order valence-corrected chi connectivity index (χ4v) is 0.637. The van der Waals surface area contributed by atoms with E-state index in [1.165, 1.54) is 0 Å². The summed E-state index contributed by atoms with van der Waals surface area (Å²) in [4.78, 5) is 23.0.